The highest BCUT2D eigenvalue weighted by molar-refractivity contribution is 7.13. The minimum atomic E-state index is -0.557. The van der Waals surface area contributed by atoms with Gasteiger partial charge in [0.2, 0.25) is 0 Å². The average Bonchev–Trinajstić information content (AvgIpc) is 3.14. The van der Waals surface area contributed by atoms with Crippen LogP contribution in [0.4, 0.5) is 5.13 Å². The molecule has 0 spiro atoms. The number of aromatic amines is 1. The van der Waals surface area contributed by atoms with E-state index in [9.17, 15) is 9.90 Å². The Hall–Kier alpha value is -1.90. The molecule has 1 atom stereocenters. The second-order valence-corrected chi connectivity index (χ2v) is 6.91. The standard InChI is InChI=1S/C16H23N5O2S/c1-11-14(3-4-18-11)15(23)21-6-5-20(8-13(22)9-21)7-12-10-24-16(17-2)19-12/h3-4,10,13,18,22H,5-9H2,1-2H3,(H,17,19)/t13-/m0/s1. The molecule has 0 radical (unpaired) electrons. The zero-order valence-electron chi connectivity index (χ0n) is 14.0. The van der Waals surface area contributed by atoms with Crippen molar-refractivity contribution in [2.75, 3.05) is 38.5 Å². The average molecular weight is 349 g/mol. The number of β-amino-alcohol motifs (C(OH)–C–C–N with tert-alkyl or cyclic N) is 1. The minimum Gasteiger partial charge on any atom is -0.390 e. The summed E-state index contributed by atoms with van der Waals surface area (Å²) in [4.78, 5) is 24.0. The van der Waals surface area contributed by atoms with Gasteiger partial charge in [-0.2, -0.15) is 0 Å². The molecule has 130 valence electrons. The maximum Gasteiger partial charge on any atom is 0.255 e. The molecule has 24 heavy (non-hydrogen) atoms. The molecule has 0 bridgehead atoms. The fraction of sp³-hybridized carbons (Fsp3) is 0.500. The van der Waals surface area contributed by atoms with Crippen LogP contribution in [0.2, 0.25) is 0 Å². The molecule has 3 heterocycles. The van der Waals surface area contributed by atoms with E-state index in [1.165, 1.54) is 0 Å². The summed E-state index contributed by atoms with van der Waals surface area (Å²) in [6.45, 7) is 4.79. The third-order valence-corrected chi connectivity index (χ3v) is 5.12. The van der Waals surface area contributed by atoms with Crippen LogP contribution in [-0.4, -0.2) is 70.1 Å². The number of nitrogens with one attached hydrogen (secondary N) is 2. The third kappa shape index (κ3) is 3.77. The third-order valence-electron chi connectivity index (χ3n) is 4.21. The van der Waals surface area contributed by atoms with Crippen LogP contribution in [0.3, 0.4) is 0 Å². The molecular weight excluding hydrogens is 326 g/mol. The van der Waals surface area contributed by atoms with Crippen LogP contribution in [0.25, 0.3) is 0 Å². The molecule has 3 N–H and O–H groups in total. The monoisotopic (exact) mass is 349 g/mol. The lowest BCUT2D eigenvalue weighted by Gasteiger charge is -2.21. The van der Waals surface area contributed by atoms with Crippen molar-refractivity contribution in [3.8, 4) is 0 Å². The Labute approximate surface area is 145 Å². The van der Waals surface area contributed by atoms with Crippen LogP contribution in [-0.2, 0) is 6.54 Å². The molecule has 3 rings (SSSR count). The largest absolute Gasteiger partial charge is 0.390 e. The topological polar surface area (TPSA) is 84.5 Å². The second-order valence-electron chi connectivity index (χ2n) is 6.05. The van der Waals surface area contributed by atoms with Gasteiger partial charge in [-0.1, -0.05) is 0 Å². The Morgan fingerprint density at radius 3 is 3.00 bits per heavy atom. The van der Waals surface area contributed by atoms with E-state index < -0.39 is 6.10 Å². The molecule has 1 fully saturated rings. The first-order valence-electron chi connectivity index (χ1n) is 8.02. The van der Waals surface area contributed by atoms with Gasteiger partial charge in [0.05, 0.1) is 17.4 Å². The van der Waals surface area contributed by atoms with E-state index in [0.29, 0.717) is 31.7 Å². The first-order valence-corrected chi connectivity index (χ1v) is 8.90. The van der Waals surface area contributed by atoms with Crippen LogP contribution in [0.5, 0.6) is 0 Å². The van der Waals surface area contributed by atoms with Crippen molar-refractivity contribution < 1.29 is 9.90 Å². The Morgan fingerprint density at radius 2 is 2.33 bits per heavy atom. The number of aliphatic hydroxyl groups excluding tert-OH is 1. The van der Waals surface area contributed by atoms with E-state index in [1.54, 1.807) is 28.5 Å². The molecule has 8 heteroatoms. The van der Waals surface area contributed by atoms with Crippen LogP contribution >= 0.6 is 11.3 Å². The molecule has 2 aromatic heterocycles. The molecule has 1 saturated heterocycles. The van der Waals surface area contributed by atoms with Gasteiger partial charge >= 0.3 is 0 Å². The molecular formula is C16H23N5O2S. The van der Waals surface area contributed by atoms with E-state index in [-0.39, 0.29) is 5.91 Å². The molecule has 0 aliphatic carbocycles. The van der Waals surface area contributed by atoms with E-state index >= 15 is 0 Å². The molecule has 1 amide bonds. The number of rotatable bonds is 4. The minimum absolute atomic E-state index is 0.0271. The van der Waals surface area contributed by atoms with Crippen molar-refractivity contribution >= 4 is 22.4 Å². The maximum absolute atomic E-state index is 12.6. The van der Waals surface area contributed by atoms with E-state index in [4.69, 9.17) is 0 Å². The van der Waals surface area contributed by atoms with Crippen LogP contribution in [0.1, 0.15) is 21.7 Å². The van der Waals surface area contributed by atoms with Crippen LogP contribution in [0, 0.1) is 6.92 Å². The first-order chi connectivity index (χ1) is 11.6. The van der Waals surface area contributed by atoms with Crippen molar-refractivity contribution in [1.82, 2.24) is 19.8 Å². The molecule has 0 saturated carbocycles. The number of nitrogens with zero attached hydrogens (tertiary/aromatic N) is 3. The Bertz CT molecular complexity index is 698. The first kappa shape index (κ1) is 16.9. The summed E-state index contributed by atoms with van der Waals surface area (Å²) in [6.07, 6.45) is 1.21. The van der Waals surface area contributed by atoms with Gasteiger partial charge in [0, 0.05) is 57.0 Å². The highest BCUT2D eigenvalue weighted by atomic mass is 32.1. The number of H-pyrrole nitrogens is 1. The van der Waals surface area contributed by atoms with Crippen LogP contribution < -0.4 is 5.32 Å². The highest BCUT2D eigenvalue weighted by Gasteiger charge is 2.26. The highest BCUT2D eigenvalue weighted by Crippen LogP contribution is 2.18. The Morgan fingerprint density at radius 1 is 1.50 bits per heavy atom. The summed E-state index contributed by atoms with van der Waals surface area (Å²) in [7, 11) is 1.85. The number of hydrogen-bond donors (Lipinski definition) is 3. The molecule has 1 aliphatic heterocycles. The van der Waals surface area contributed by atoms with E-state index in [1.807, 2.05) is 19.4 Å². The number of hydrogen-bond acceptors (Lipinski definition) is 6. The van der Waals surface area contributed by atoms with Crippen molar-refractivity contribution in [1.29, 1.82) is 0 Å². The lowest BCUT2D eigenvalue weighted by atomic mass is 10.2. The number of amides is 1. The molecule has 0 aromatic carbocycles. The molecule has 2 aromatic rings. The summed E-state index contributed by atoms with van der Waals surface area (Å²) in [5.74, 6) is -0.0271. The predicted molar refractivity (Wildman–Crippen MR) is 94.4 cm³/mol. The zero-order chi connectivity index (χ0) is 17.1. The van der Waals surface area contributed by atoms with Gasteiger partial charge in [0.15, 0.2) is 5.13 Å². The van der Waals surface area contributed by atoms with Crippen molar-refractivity contribution in [2.45, 2.75) is 19.6 Å². The van der Waals surface area contributed by atoms with Crippen molar-refractivity contribution in [3.63, 3.8) is 0 Å². The number of carbonyl (C=O) groups is 1. The fourth-order valence-electron chi connectivity index (χ4n) is 2.96. The van der Waals surface area contributed by atoms with Gasteiger partial charge in [-0.15, -0.1) is 11.3 Å². The fourth-order valence-corrected chi connectivity index (χ4v) is 3.62. The summed E-state index contributed by atoms with van der Waals surface area (Å²) in [5, 5.41) is 16.2. The number of aryl methyl sites for hydroxylation is 1. The molecule has 7 nitrogen and oxygen atoms in total. The maximum atomic E-state index is 12.6. The van der Waals surface area contributed by atoms with E-state index in [0.717, 1.165) is 23.1 Å². The quantitative estimate of drug-likeness (QED) is 0.771. The van der Waals surface area contributed by atoms with Gasteiger partial charge in [0.25, 0.3) is 5.91 Å². The SMILES string of the molecule is CNc1nc(CN2CCN(C(=O)c3cc[nH]c3C)C[C@@H](O)C2)cs1. The van der Waals surface area contributed by atoms with E-state index in [2.05, 4.69) is 20.2 Å². The summed E-state index contributed by atoms with van der Waals surface area (Å²) >= 11 is 1.57. The van der Waals surface area contributed by atoms with Crippen LogP contribution in [0.15, 0.2) is 17.6 Å². The lowest BCUT2D eigenvalue weighted by Crippen LogP contribution is -2.37. The zero-order valence-corrected chi connectivity index (χ0v) is 14.8. The Kier molecular flexibility index (Phi) is 5.17. The lowest BCUT2D eigenvalue weighted by molar-refractivity contribution is 0.0662. The number of aliphatic hydroxyl groups is 1. The summed E-state index contributed by atoms with van der Waals surface area (Å²) < 4.78 is 0. The predicted octanol–water partition coefficient (Wildman–Crippen LogP) is 1.14. The Balaban J connectivity index is 1.64. The molecule has 1 aliphatic rings. The van der Waals surface area contributed by atoms with Crippen molar-refractivity contribution in [3.05, 3.63) is 34.6 Å². The van der Waals surface area contributed by atoms with Gasteiger partial charge in [-0.25, -0.2) is 4.98 Å². The summed E-state index contributed by atoms with van der Waals surface area (Å²) in [6, 6.07) is 1.79. The number of anilines is 1. The smallest absolute Gasteiger partial charge is 0.255 e. The van der Waals surface area contributed by atoms with Gasteiger partial charge in [-0.3, -0.25) is 9.69 Å². The van der Waals surface area contributed by atoms with Gasteiger partial charge < -0.3 is 20.3 Å². The number of thiazole rings is 1. The molecule has 0 unspecified atom stereocenters. The number of aromatic nitrogens is 2. The normalized spacial score (nSPS) is 19.3. The summed E-state index contributed by atoms with van der Waals surface area (Å²) in [5.41, 5.74) is 2.52. The van der Waals surface area contributed by atoms with Crippen molar-refractivity contribution in [2.24, 2.45) is 0 Å². The van der Waals surface area contributed by atoms with Gasteiger partial charge in [0.1, 0.15) is 0 Å². The number of carbonyl (C=O) groups excluding carboxylic acids is 1. The second kappa shape index (κ2) is 7.33. The van der Waals surface area contributed by atoms with Gasteiger partial charge in [-0.05, 0) is 13.0 Å².